The molecule has 2 heterocycles. The first-order valence-electron chi connectivity index (χ1n) is 6.10. The number of rotatable bonds is 5. The number of nitrogens with two attached hydrogens (primary N) is 1. The fraction of sp³-hybridized carbons (Fsp3) is 0.500. The van der Waals surface area contributed by atoms with Crippen molar-refractivity contribution in [1.82, 2.24) is 14.8 Å². The topological polar surface area (TPSA) is 66.0 Å². The average Bonchev–Trinajstić information content (AvgIpc) is 2.68. The van der Waals surface area contributed by atoms with Crippen LogP contribution in [0, 0.1) is 0 Å². The molecule has 2 rings (SSSR count). The molecule has 0 aliphatic carbocycles. The Bertz CT molecular complexity index is 532. The maximum Gasteiger partial charge on any atom is 0.140 e. The summed E-state index contributed by atoms with van der Waals surface area (Å²) in [6, 6.07) is 1.16. The number of aromatic nitrogens is 3. The first kappa shape index (κ1) is 13.0. The maximum absolute atomic E-state index is 5.90. The summed E-state index contributed by atoms with van der Waals surface area (Å²) in [7, 11) is -1.03. The molecule has 0 fully saturated rings. The molecule has 5 nitrogen and oxygen atoms in total. The van der Waals surface area contributed by atoms with Crippen LogP contribution in [0.25, 0.3) is 10.9 Å². The number of pyridine rings is 1. The van der Waals surface area contributed by atoms with E-state index in [4.69, 9.17) is 10.5 Å². The summed E-state index contributed by atoms with van der Waals surface area (Å²) in [5.41, 5.74) is 7.44. The van der Waals surface area contributed by atoms with Gasteiger partial charge in [0, 0.05) is 26.3 Å². The molecule has 18 heavy (non-hydrogen) atoms. The number of ether oxygens (including phenoxy) is 1. The van der Waals surface area contributed by atoms with E-state index < -0.39 is 8.07 Å². The van der Waals surface area contributed by atoms with Crippen molar-refractivity contribution in [2.45, 2.75) is 32.4 Å². The molecule has 2 aromatic rings. The van der Waals surface area contributed by atoms with E-state index in [-0.39, 0.29) is 0 Å². The summed E-state index contributed by atoms with van der Waals surface area (Å²) < 4.78 is 7.46. The molecule has 2 aromatic heterocycles. The number of hydrogen-bond donors (Lipinski definition) is 1. The second kappa shape index (κ2) is 5.07. The standard InChI is InChI=1S/C12H20N4OSi/c1-18(2,3)5-4-17-9-16-12-10(7-15-16)6-14-8-11(12)13/h6-8H,4-5,9,13H2,1-3H3. The molecule has 0 saturated carbocycles. The molecule has 0 aromatic carbocycles. The normalized spacial score (nSPS) is 12.2. The lowest BCUT2D eigenvalue weighted by atomic mass is 10.3. The molecule has 0 aliphatic rings. The van der Waals surface area contributed by atoms with Gasteiger partial charge in [-0.25, -0.2) is 4.68 Å². The van der Waals surface area contributed by atoms with Crippen molar-refractivity contribution in [3.05, 3.63) is 18.6 Å². The van der Waals surface area contributed by atoms with E-state index in [9.17, 15) is 0 Å². The van der Waals surface area contributed by atoms with Gasteiger partial charge in [-0.15, -0.1) is 0 Å². The van der Waals surface area contributed by atoms with Gasteiger partial charge in [0.25, 0.3) is 0 Å². The second-order valence-electron chi connectivity index (χ2n) is 5.66. The number of fused-ring (bicyclic) bond motifs is 1. The Hall–Kier alpha value is -1.40. The summed E-state index contributed by atoms with van der Waals surface area (Å²) >= 11 is 0. The van der Waals surface area contributed by atoms with E-state index in [0.29, 0.717) is 12.4 Å². The highest BCUT2D eigenvalue weighted by atomic mass is 28.3. The van der Waals surface area contributed by atoms with Gasteiger partial charge < -0.3 is 10.5 Å². The second-order valence-corrected chi connectivity index (χ2v) is 11.3. The van der Waals surface area contributed by atoms with Crippen LogP contribution in [-0.2, 0) is 11.5 Å². The number of nitrogens with zero attached hydrogens (tertiary/aromatic N) is 3. The smallest absolute Gasteiger partial charge is 0.140 e. The Labute approximate surface area is 108 Å². The Morgan fingerprint density at radius 1 is 1.28 bits per heavy atom. The Kier molecular flexibility index (Phi) is 3.67. The van der Waals surface area contributed by atoms with E-state index in [1.165, 1.54) is 0 Å². The lowest BCUT2D eigenvalue weighted by molar-refractivity contribution is 0.0817. The minimum Gasteiger partial charge on any atom is -0.396 e. The van der Waals surface area contributed by atoms with Crippen molar-refractivity contribution in [3.63, 3.8) is 0 Å². The summed E-state index contributed by atoms with van der Waals surface area (Å²) in [4.78, 5) is 4.04. The number of nitrogen functional groups attached to an aromatic ring is 1. The number of anilines is 1. The zero-order valence-electron chi connectivity index (χ0n) is 11.2. The van der Waals surface area contributed by atoms with E-state index in [2.05, 4.69) is 29.7 Å². The summed E-state index contributed by atoms with van der Waals surface area (Å²) in [5.74, 6) is 0. The molecule has 0 saturated heterocycles. The van der Waals surface area contributed by atoms with Crippen LogP contribution >= 0.6 is 0 Å². The van der Waals surface area contributed by atoms with Crippen LogP contribution in [0.1, 0.15) is 0 Å². The van der Waals surface area contributed by atoms with Gasteiger partial charge in [0.15, 0.2) is 0 Å². The number of hydrogen-bond acceptors (Lipinski definition) is 4. The lowest BCUT2D eigenvalue weighted by Gasteiger charge is -2.15. The molecule has 0 atom stereocenters. The van der Waals surface area contributed by atoms with Gasteiger partial charge in [-0.2, -0.15) is 5.10 Å². The highest BCUT2D eigenvalue weighted by molar-refractivity contribution is 6.76. The molecular weight excluding hydrogens is 244 g/mol. The molecule has 0 amide bonds. The minimum atomic E-state index is -1.03. The first-order valence-corrected chi connectivity index (χ1v) is 9.81. The minimum absolute atomic E-state index is 0.447. The quantitative estimate of drug-likeness (QED) is 0.665. The predicted octanol–water partition coefficient (Wildman–Crippen LogP) is 2.33. The Balaban J connectivity index is 2.00. The zero-order valence-corrected chi connectivity index (χ0v) is 12.2. The van der Waals surface area contributed by atoms with Crippen LogP contribution in [0.2, 0.25) is 25.7 Å². The van der Waals surface area contributed by atoms with Crippen LogP contribution in [0.15, 0.2) is 18.6 Å². The van der Waals surface area contributed by atoms with Crippen LogP contribution in [0.5, 0.6) is 0 Å². The van der Waals surface area contributed by atoms with Crippen molar-refractivity contribution < 1.29 is 4.74 Å². The maximum atomic E-state index is 5.90. The average molecular weight is 264 g/mol. The van der Waals surface area contributed by atoms with Gasteiger partial charge in [0.1, 0.15) is 6.73 Å². The van der Waals surface area contributed by atoms with Gasteiger partial charge in [0.05, 0.1) is 23.6 Å². The molecular formula is C12H20N4OSi. The van der Waals surface area contributed by atoms with E-state index in [1.54, 1.807) is 23.3 Å². The highest BCUT2D eigenvalue weighted by Crippen LogP contribution is 2.18. The molecule has 0 radical (unpaired) electrons. The molecule has 0 unspecified atom stereocenters. The van der Waals surface area contributed by atoms with Gasteiger partial charge in [-0.3, -0.25) is 4.98 Å². The van der Waals surface area contributed by atoms with Crippen molar-refractivity contribution in [1.29, 1.82) is 0 Å². The summed E-state index contributed by atoms with van der Waals surface area (Å²) in [6.45, 7) is 8.24. The molecule has 0 aliphatic heterocycles. The van der Waals surface area contributed by atoms with Gasteiger partial charge in [-0.1, -0.05) is 19.6 Å². The Morgan fingerprint density at radius 2 is 2.06 bits per heavy atom. The van der Waals surface area contributed by atoms with Gasteiger partial charge in [-0.05, 0) is 6.04 Å². The van der Waals surface area contributed by atoms with Crippen molar-refractivity contribution >= 4 is 24.7 Å². The van der Waals surface area contributed by atoms with Crippen LogP contribution in [0.4, 0.5) is 5.69 Å². The van der Waals surface area contributed by atoms with E-state index >= 15 is 0 Å². The SMILES string of the molecule is C[Si](C)(C)CCOCn1ncc2cncc(N)c21. The molecule has 0 spiro atoms. The van der Waals surface area contributed by atoms with Crippen molar-refractivity contribution in [2.24, 2.45) is 0 Å². The van der Waals surface area contributed by atoms with Crippen molar-refractivity contribution in [3.8, 4) is 0 Å². The molecule has 98 valence electrons. The largest absolute Gasteiger partial charge is 0.396 e. The predicted molar refractivity (Wildman–Crippen MR) is 76.0 cm³/mol. The summed E-state index contributed by atoms with van der Waals surface area (Å²) in [5, 5.41) is 5.22. The van der Waals surface area contributed by atoms with Crippen LogP contribution in [0.3, 0.4) is 0 Å². The first-order chi connectivity index (χ1) is 8.47. The van der Waals surface area contributed by atoms with Gasteiger partial charge in [0.2, 0.25) is 0 Å². The lowest BCUT2D eigenvalue weighted by Crippen LogP contribution is -2.22. The molecule has 6 heteroatoms. The third-order valence-corrected chi connectivity index (χ3v) is 4.48. The van der Waals surface area contributed by atoms with Gasteiger partial charge >= 0.3 is 0 Å². The summed E-state index contributed by atoms with van der Waals surface area (Å²) in [6.07, 6.45) is 5.17. The third-order valence-electron chi connectivity index (χ3n) is 2.78. The molecule has 2 N–H and O–H groups in total. The third kappa shape index (κ3) is 3.08. The fourth-order valence-electron chi connectivity index (χ4n) is 1.70. The van der Waals surface area contributed by atoms with E-state index in [1.807, 2.05) is 0 Å². The molecule has 0 bridgehead atoms. The monoisotopic (exact) mass is 264 g/mol. The van der Waals surface area contributed by atoms with Crippen LogP contribution in [-0.4, -0.2) is 29.4 Å². The van der Waals surface area contributed by atoms with Crippen molar-refractivity contribution in [2.75, 3.05) is 12.3 Å². The highest BCUT2D eigenvalue weighted by Gasteiger charge is 2.12. The van der Waals surface area contributed by atoms with E-state index in [0.717, 1.165) is 23.6 Å². The zero-order chi connectivity index (χ0) is 13.2. The Morgan fingerprint density at radius 3 is 2.78 bits per heavy atom. The van der Waals surface area contributed by atoms with Crippen LogP contribution < -0.4 is 5.73 Å². The fourth-order valence-corrected chi connectivity index (χ4v) is 2.45.